The number of benzene rings is 1. The van der Waals surface area contributed by atoms with E-state index in [-0.39, 0.29) is 17.0 Å². The van der Waals surface area contributed by atoms with Crippen molar-refractivity contribution in [2.45, 2.75) is 25.3 Å². The van der Waals surface area contributed by atoms with Gasteiger partial charge in [0, 0.05) is 30.4 Å². The van der Waals surface area contributed by atoms with Gasteiger partial charge >= 0.3 is 5.69 Å². The first kappa shape index (κ1) is 14.3. The van der Waals surface area contributed by atoms with Crippen LogP contribution in [0.1, 0.15) is 30.1 Å². The van der Waals surface area contributed by atoms with Crippen LogP contribution in [0, 0.1) is 10.1 Å². The molecule has 20 heavy (non-hydrogen) atoms. The number of amides is 1. The lowest BCUT2D eigenvalue weighted by Crippen LogP contribution is -2.49. The molecule has 0 saturated carbocycles. The normalized spacial score (nSPS) is 17.4. The lowest BCUT2D eigenvalue weighted by molar-refractivity contribution is -0.385. The summed E-state index contributed by atoms with van der Waals surface area (Å²) in [6, 6.07) is 3.56. The van der Waals surface area contributed by atoms with Crippen LogP contribution in [0.4, 0.5) is 5.69 Å². The lowest BCUT2D eigenvalue weighted by Gasteiger charge is -2.34. The Kier molecular flexibility index (Phi) is 3.89. The summed E-state index contributed by atoms with van der Waals surface area (Å²) in [7, 11) is 0. The van der Waals surface area contributed by atoms with Gasteiger partial charge in [-0.3, -0.25) is 14.9 Å². The molecular formula is C13H16N2O5. The van der Waals surface area contributed by atoms with Crippen LogP contribution >= 0.6 is 0 Å². The van der Waals surface area contributed by atoms with Gasteiger partial charge in [0.2, 0.25) is 0 Å². The monoisotopic (exact) mass is 280 g/mol. The molecule has 1 aromatic rings. The molecule has 1 saturated heterocycles. The predicted molar refractivity (Wildman–Crippen MR) is 70.7 cm³/mol. The van der Waals surface area contributed by atoms with Gasteiger partial charge in [0.15, 0.2) is 5.75 Å². The summed E-state index contributed by atoms with van der Waals surface area (Å²) in [4.78, 5) is 22.0. The van der Waals surface area contributed by atoms with Crippen molar-refractivity contribution >= 4 is 11.6 Å². The molecule has 0 bridgehead atoms. The molecule has 0 spiro atoms. The molecule has 1 amide bonds. The number of rotatable bonds is 3. The Morgan fingerprint density at radius 2 is 2.10 bits per heavy atom. The molecular weight excluding hydrogens is 264 g/mol. The molecule has 1 aliphatic rings. The highest BCUT2D eigenvalue weighted by molar-refractivity contribution is 5.95. The van der Waals surface area contributed by atoms with Crippen LogP contribution in [-0.4, -0.2) is 34.7 Å². The minimum atomic E-state index is -0.698. The maximum absolute atomic E-state index is 12.1. The highest BCUT2D eigenvalue weighted by Gasteiger charge is 2.29. The van der Waals surface area contributed by atoms with Crippen molar-refractivity contribution in [2.24, 2.45) is 0 Å². The fourth-order valence-electron chi connectivity index (χ4n) is 2.11. The molecule has 1 aliphatic heterocycles. The van der Waals surface area contributed by atoms with E-state index in [1.807, 2.05) is 6.92 Å². The first-order valence-electron chi connectivity index (χ1n) is 6.29. The second kappa shape index (κ2) is 5.46. The fraction of sp³-hybridized carbons (Fsp3) is 0.462. The number of hydrogen-bond donors (Lipinski definition) is 2. The van der Waals surface area contributed by atoms with Crippen molar-refractivity contribution in [3.8, 4) is 5.75 Å². The van der Waals surface area contributed by atoms with Gasteiger partial charge in [-0.15, -0.1) is 0 Å². The highest BCUT2D eigenvalue weighted by Crippen LogP contribution is 2.27. The largest absolute Gasteiger partial charge is 0.502 e. The van der Waals surface area contributed by atoms with Crippen LogP contribution in [0.3, 0.4) is 0 Å². The number of ether oxygens (including phenoxy) is 1. The van der Waals surface area contributed by atoms with E-state index in [2.05, 4.69) is 5.32 Å². The Morgan fingerprint density at radius 3 is 2.65 bits per heavy atom. The molecule has 2 rings (SSSR count). The summed E-state index contributed by atoms with van der Waals surface area (Å²) >= 11 is 0. The van der Waals surface area contributed by atoms with Gasteiger partial charge in [-0.25, -0.2) is 0 Å². The van der Waals surface area contributed by atoms with E-state index < -0.39 is 16.4 Å². The quantitative estimate of drug-likeness (QED) is 0.646. The van der Waals surface area contributed by atoms with Crippen molar-refractivity contribution in [3.63, 3.8) is 0 Å². The molecule has 1 fully saturated rings. The summed E-state index contributed by atoms with van der Waals surface area (Å²) in [6.07, 6.45) is 1.41. The van der Waals surface area contributed by atoms with Crippen LogP contribution in [0.2, 0.25) is 0 Å². The van der Waals surface area contributed by atoms with E-state index >= 15 is 0 Å². The summed E-state index contributed by atoms with van der Waals surface area (Å²) in [5, 5.41) is 23.0. The average Bonchev–Trinajstić information content (AvgIpc) is 2.38. The van der Waals surface area contributed by atoms with Crippen molar-refractivity contribution in [2.75, 3.05) is 13.2 Å². The van der Waals surface area contributed by atoms with Gasteiger partial charge in [0.25, 0.3) is 5.91 Å². The van der Waals surface area contributed by atoms with Crippen molar-refractivity contribution in [3.05, 3.63) is 33.9 Å². The summed E-state index contributed by atoms with van der Waals surface area (Å²) < 4.78 is 5.25. The van der Waals surface area contributed by atoms with Gasteiger partial charge in [0.05, 0.1) is 4.92 Å². The minimum Gasteiger partial charge on any atom is -0.502 e. The number of nitrogens with zero attached hydrogens (tertiary/aromatic N) is 1. The Balaban J connectivity index is 2.13. The van der Waals surface area contributed by atoms with Crippen LogP contribution < -0.4 is 5.32 Å². The third-order valence-electron chi connectivity index (χ3n) is 3.45. The van der Waals surface area contributed by atoms with Crippen molar-refractivity contribution < 1.29 is 19.6 Å². The van der Waals surface area contributed by atoms with E-state index in [0.29, 0.717) is 26.1 Å². The zero-order chi connectivity index (χ0) is 14.8. The average molecular weight is 280 g/mol. The first-order chi connectivity index (χ1) is 9.41. The van der Waals surface area contributed by atoms with Gasteiger partial charge in [-0.2, -0.15) is 0 Å². The first-order valence-corrected chi connectivity index (χ1v) is 6.29. The standard InChI is InChI=1S/C13H16N2O5/c1-13(4-6-20-7-5-13)14-12(17)9-2-3-10(15(18)19)11(16)8-9/h2-3,8,16H,4-7H2,1H3,(H,14,17). The maximum atomic E-state index is 12.1. The number of nitro benzene ring substituents is 1. The van der Waals surface area contributed by atoms with Crippen LogP contribution in [-0.2, 0) is 4.74 Å². The Morgan fingerprint density at radius 1 is 1.45 bits per heavy atom. The van der Waals surface area contributed by atoms with Crippen molar-refractivity contribution in [1.29, 1.82) is 0 Å². The lowest BCUT2D eigenvalue weighted by atomic mass is 9.92. The third-order valence-corrected chi connectivity index (χ3v) is 3.45. The molecule has 0 unspecified atom stereocenters. The number of carbonyl (C=O) groups excluding carboxylic acids is 1. The Bertz CT molecular complexity index is 538. The second-order valence-corrected chi connectivity index (χ2v) is 5.09. The number of nitrogens with one attached hydrogen (secondary N) is 1. The molecule has 108 valence electrons. The summed E-state index contributed by atoms with van der Waals surface area (Å²) in [6.45, 7) is 3.10. The minimum absolute atomic E-state index is 0.195. The smallest absolute Gasteiger partial charge is 0.310 e. The number of hydrogen-bond acceptors (Lipinski definition) is 5. The van der Waals surface area contributed by atoms with Gasteiger partial charge in [-0.05, 0) is 31.9 Å². The van der Waals surface area contributed by atoms with E-state index in [4.69, 9.17) is 4.74 Å². The van der Waals surface area contributed by atoms with Crippen molar-refractivity contribution in [1.82, 2.24) is 5.32 Å². The van der Waals surface area contributed by atoms with E-state index in [9.17, 15) is 20.0 Å². The van der Waals surface area contributed by atoms with Crippen LogP contribution in [0.5, 0.6) is 5.75 Å². The number of aromatic hydroxyl groups is 1. The zero-order valence-corrected chi connectivity index (χ0v) is 11.1. The fourth-order valence-corrected chi connectivity index (χ4v) is 2.11. The van der Waals surface area contributed by atoms with Crippen LogP contribution in [0.25, 0.3) is 0 Å². The molecule has 7 nitrogen and oxygen atoms in total. The number of nitro groups is 1. The van der Waals surface area contributed by atoms with Gasteiger partial charge in [0.1, 0.15) is 0 Å². The molecule has 0 aliphatic carbocycles. The third kappa shape index (κ3) is 3.05. The SMILES string of the molecule is CC1(NC(=O)c2ccc([N+](=O)[O-])c(O)c2)CCOCC1. The zero-order valence-electron chi connectivity index (χ0n) is 11.1. The number of carbonyl (C=O) groups is 1. The molecule has 0 aromatic heterocycles. The highest BCUT2D eigenvalue weighted by atomic mass is 16.6. The van der Waals surface area contributed by atoms with Gasteiger partial charge in [-0.1, -0.05) is 0 Å². The van der Waals surface area contributed by atoms with Gasteiger partial charge < -0.3 is 15.2 Å². The second-order valence-electron chi connectivity index (χ2n) is 5.09. The Labute approximate surface area is 115 Å². The van der Waals surface area contributed by atoms with E-state index in [1.165, 1.54) is 6.07 Å². The summed E-state index contributed by atoms with van der Waals surface area (Å²) in [5.41, 5.74) is -0.577. The Hall–Kier alpha value is -2.15. The van der Waals surface area contributed by atoms with E-state index in [1.54, 1.807) is 0 Å². The van der Waals surface area contributed by atoms with Crippen LogP contribution in [0.15, 0.2) is 18.2 Å². The predicted octanol–water partition coefficient (Wildman–Crippen LogP) is 1.60. The molecule has 2 N–H and O–H groups in total. The molecule has 1 heterocycles. The molecule has 7 heteroatoms. The van der Waals surface area contributed by atoms with E-state index in [0.717, 1.165) is 12.1 Å². The molecule has 0 radical (unpaired) electrons. The topological polar surface area (TPSA) is 102 Å². The summed E-state index contributed by atoms with van der Waals surface area (Å²) in [5.74, 6) is -0.876. The number of phenolic OH excluding ortho intramolecular Hbond substituents is 1. The number of phenols is 1. The molecule has 0 atom stereocenters. The maximum Gasteiger partial charge on any atom is 0.310 e. The molecule has 1 aromatic carbocycles.